The van der Waals surface area contributed by atoms with E-state index in [4.69, 9.17) is 5.73 Å². The first-order valence-corrected chi connectivity index (χ1v) is 5.53. The molecule has 0 aliphatic rings. The quantitative estimate of drug-likeness (QED) is 0.796. The van der Waals surface area contributed by atoms with Gasteiger partial charge >= 0.3 is 0 Å². The van der Waals surface area contributed by atoms with Crippen molar-refractivity contribution in [2.45, 2.75) is 27.2 Å². The van der Waals surface area contributed by atoms with Crippen molar-refractivity contribution in [1.29, 1.82) is 0 Å². The van der Waals surface area contributed by atoms with Gasteiger partial charge in [-0.1, -0.05) is 32.9 Å². The zero-order valence-corrected chi connectivity index (χ0v) is 10.4. The van der Waals surface area contributed by atoms with Gasteiger partial charge in [0, 0.05) is 12.5 Å². The number of para-hydroxylation sites is 2. The third-order valence-electron chi connectivity index (χ3n) is 3.07. The van der Waals surface area contributed by atoms with Gasteiger partial charge in [0.2, 0.25) is 5.91 Å². The molecule has 1 amide bonds. The summed E-state index contributed by atoms with van der Waals surface area (Å²) in [6.45, 7) is 5.91. The molecule has 0 bridgehead atoms. The zero-order valence-electron chi connectivity index (χ0n) is 10.4. The van der Waals surface area contributed by atoms with Gasteiger partial charge in [-0.05, 0) is 18.6 Å². The van der Waals surface area contributed by atoms with E-state index in [1.807, 2.05) is 39.0 Å². The molecule has 0 unspecified atom stereocenters. The van der Waals surface area contributed by atoms with Crippen LogP contribution in [0.15, 0.2) is 24.3 Å². The molecular weight excluding hydrogens is 200 g/mol. The minimum atomic E-state index is -0.350. The Balaban J connectivity index is 3.00. The lowest BCUT2D eigenvalue weighted by Crippen LogP contribution is -2.38. The third kappa shape index (κ3) is 2.35. The number of amides is 1. The van der Waals surface area contributed by atoms with Crippen LogP contribution in [0.3, 0.4) is 0 Å². The number of rotatable bonds is 3. The van der Waals surface area contributed by atoms with Gasteiger partial charge in [-0.3, -0.25) is 4.79 Å². The fraction of sp³-hybridized carbons (Fsp3) is 0.462. The Morgan fingerprint density at radius 1 is 1.38 bits per heavy atom. The molecule has 0 aliphatic heterocycles. The van der Waals surface area contributed by atoms with Crippen LogP contribution >= 0.6 is 0 Å². The minimum Gasteiger partial charge on any atom is -0.397 e. The van der Waals surface area contributed by atoms with E-state index in [-0.39, 0.29) is 11.3 Å². The maximum absolute atomic E-state index is 12.2. The SMILES string of the molecule is CCC(C)(C)C(=O)N(C)c1ccccc1N. The van der Waals surface area contributed by atoms with E-state index in [1.165, 1.54) is 0 Å². The van der Waals surface area contributed by atoms with Crippen molar-refractivity contribution in [1.82, 2.24) is 0 Å². The lowest BCUT2D eigenvalue weighted by molar-refractivity contribution is -0.126. The number of anilines is 2. The van der Waals surface area contributed by atoms with Crippen LogP contribution in [-0.2, 0) is 4.79 Å². The smallest absolute Gasteiger partial charge is 0.232 e. The van der Waals surface area contributed by atoms with Crippen molar-refractivity contribution in [3.05, 3.63) is 24.3 Å². The van der Waals surface area contributed by atoms with Crippen molar-refractivity contribution in [3.63, 3.8) is 0 Å². The summed E-state index contributed by atoms with van der Waals surface area (Å²) in [6, 6.07) is 7.41. The highest BCUT2D eigenvalue weighted by atomic mass is 16.2. The van der Waals surface area contributed by atoms with Crippen LogP contribution in [0.2, 0.25) is 0 Å². The van der Waals surface area contributed by atoms with Crippen molar-refractivity contribution in [2.75, 3.05) is 17.7 Å². The molecule has 0 saturated heterocycles. The van der Waals surface area contributed by atoms with E-state index in [1.54, 1.807) is 18.0 Å². The highest BCUT2D eigenvalue weighted by Crippen LogP contribution is 2.28. The van der Waals surface area contributed by atoms with E-state index >= 15 is 0 Å². The summed E-state index contributed by atoms with van der Waals surface area (Å²) in [5.74, 6) is 0.0906. The summed E-state index contributed by atoms with van der Waals surface area (Å²) in [5.41, 5.74) is 6.90. The number of carbonyl (C=O) groups excluding carboxylic acids is 1. The first-order chi connectivity index (χ1) is 7.40. The average molecular weight is 220 g/mol. The van der Waals surface area contributed by atoms with Crippen LogP contribution in [0, 0.1) is 5.41 Å². The molecule has 0 fully saturated rings. The molecule has 0 atom stereocenters. The number of hydrogen-bond acceptors (Lipinski definition) is 2. The number of benzene rings is 1. The van der Waals surface area contributed by atoms with E-state index in [0.29, 0.717) is 5.69 Å². The van der Waals surface area contributed by atoms with Crippen molar-refractivity contribution in [3.8, 4) is 0 Å². The van der Waals surface area contributed by atoms with Crippen LogP contribution in [-0.4, -0.2) is 13.0 Å². The molecule has 1 aromatic carbocycles. The summed E-state index contributed by atoms with van der Waals surface area (Å²) >= 11 is 0. The van der Waals surface area contributed by atoms with E-state index in [9.17, 15) is 4.79 Å². The fourth-order valence-corrected chi connectivity index (χ4v) is 1.51. The Labute approximate surface area is 97.2 Å². The van der Waals surface area contributed by atoms with Crippen LogP contribution < -0.4 is 10.6 Å². The van der Waals surface area contributed by atoms with Crippen LogP contribution in [0.25, 0.3) is 0 Å². The lowest BCUT2D eigenvalue weighted by Gasteiger charge is -2.29. The summed E-state index contributed by atoms with van der Waals surface area (Å²) in [6.07, 6.45) is 0.808. The Morgan fingerprint density at radius 2 is 1.94 bits per heavy atom. The van der Waals surface area contributed by atoms with Crippen molar-refractivity contribution in [2.24, 2.45) is 5.41 Å². The highest BCUT2D eigenvalue weighted by Gasteiger charge is 2.29. The first-order valence-electron chi connectivity index (χ1n) is 5.53. The van der Waals surface area contributed by atoms with Crippen molar-refractivity contribution < 1.29 is 4.79 Å². The van der Waals surface area contributed by atoms with Gasteiger partial charge < -0.3 is 10.6 Å². The molecule has 0 heterocycles. The maximum Gasteiger partial charge on any atom is 0.232 e. The second-order valence-corrected chi connectivity index (χ2v) is 4.66. The summed E-state index contributed by atoms with van der Waals surface area (Å²) in [4.78, 5) is 13.9. The standard InChI is InChI=1S/C13H20N2O/c1-5-13(2,3)12(16)15(4)11-9-7-6-8-10(11)14/h6-9H,5,14H2,1-4H3. The Hall–Kier alpha value is -1.51. The minimum absolute atomic E-state index is 0.0906. The van der Waals surface area contributed by atoms with Gasteiger partial charge in [0.25, 0.3) is 0 Å². The first kappa shape index (κ1) is 12.6. The normalized spacial score (nSPS) is 11.2. The number of nitrogen functional groups attached to an aromatic ring is 1. The molecular formula is C13H20N2O. The number of hydrogen-bond donors (Lipinski definition) is 1. The van der Waals surface area contributed by atoms with Crippen LogP contribution in [0.1, 0.15) is 27.2 Å². The Morgan fingerprint density at radius 3 is 2.44 bits per heavy atom. The van der Waals surface area contributed by atoms with E-state index in [0.717, 1.165) is 12.1 Å². The Kier molecular flexibility index (Phi) is 3.58. The Bertz CT molecular complexity index is 385. The lowest BCUT2D eigenvalue weighted by atomic mass is 9.88. The fourth-order valence-electron chi connectivity index (χ4n) is 1.51. The number of carbonyl (C=O) groups is 1. The monoisotopic (exact) mass is 220 g/mol. The highest BCUT2D eigenvalue weighted by molar-refractivity contribution is 5.98. The molecule has 0 radical (unpaired) electrons. The van der Waals surface area contributed by atoms with E-state index < -0.39 is 0 Å². The summed E-state index contributed by atoms with van der Waals surface area (Å²) in [5, 5.41) is 0. The van der Waals surface area contributed by atoms with E-state index in [2.05, 4.69) is 0 Å². The molecule has 16 heavy (non-hydrogen) atoms. The second kappa shape index (κ2) is 4.56. The van der Waals surface area contributed by atoms with Crippen molar-refractivity contribution >= 4 is 17.3 Å². The summed E-state index contributed by atoms with van der Waals surface area (Å²) < 4.78 is 0. The summed E-state index contributed by atoms with van der Waals surface area (Å²) in [7, 11) is 1.77. The molecule has 3 nitrogen and oxygen atoms in total. The predicted molar refractivity (Wildman–Crippen MR) is 68.3 cm³/mol. The van der Waals surface area contributed by atoms with Crippen LogP contribution in [0.5, 0.6) is 0 Å². The predicted octanol–water partition coefficient (Wildman–Crippen LogP) is 2.67. The molecule has 0 spiro atoms. The largest absolute Gasteiger partial charge is 0.397 e. The molecule has 0 saturated carbocycles. The van der Waals surface area contributed by atoms with Gasteiger partial charge in [0.15, 0.2) is 0 Å². The van der Waals surface area contributed by atoms with Gasteiger partial charge in [-0.2, -0.15) is 0 Å². The van der Waals surface area contributed by atoms with Gasteiger partial charge in [-0.15, -0.1) is 0 Å². The number of nitrogens with zero attached hydrogens (tertiary/aromatic N) is 1. The van der Waals surface area contributed by atoms with Gasteiger partial charge in [0.05, 0.1) is 11.4 Å². The average Bonchev–Trinajstić information content (AvgIpc) is 2.27. The number of nitrogens with two attached hydrogens (primary N) is 1. The topological polar surface area (TPSA) is 46.3 Å². The zero-order chi connectivity index (χ0) is 12.3. The molecule has 1 aromatic rings. The maximum atomic E-state index is 12.2. The molecule has 88 valence electrons. The second-order valence-electron chi connectivity index (χ2n) is 4.66. The molecule has 0 aromatic heterocycles. The molecule has 2 N–H and O–H groups in total. The van der Waals surface area contributed by atoms with Gasteiger partial charge in [0.1, 0.15) is 0 Å². The molecule has 1 rings (SSSR count). The molecule has 3 heteroatoms. The van der Waals surface area contributed by atoms with Gasteiger partial charge in [-0.25, -0.2) is 0 Å². The van der Waals surface area contributed by atoms with Crippen LogP contribution in [0.4, 0.5) is 11.4 Å². The molecule has 0 aliphatic carbocycles. The third-order valence-corrected chi connectivity index (χ3v) is 3.07.